The lowest BCUT2D eigenvalue weighted by molar-refractivity contribution is 0.0593. The average molecular weight is 675 g/mol. The van der Waals surface area contributed by atoms with Crippen LogP contribution in [-0.4, -0.2) is 81.9 Å². The standard InChI is InChI=1S/C15H23N5O3Si.C13H20ClN5OSi/c1-22-15(21)12-9-16-10-14(17-12)18-13-5-6-20(19-13)11-23-7-8-24(2,3)4;1-21(2,3)7-6-20-10-19-5-4-12(18-19)17-13-9-15-8-11(14)16-13/h5-6,9-10H,7-8,11H2,1-4H3,(H,17,18,19);4-5,8-9H,6-7,10H2,1-3H3,(H,16,17,18). The van der Waals surface area contributed by atoms with Crippen LogP contribution < -0.4 is 10.6 Å². The molecule has 0 aliphatic heterocycles. The SMILES string of the molecule is COC(=O)c1cncc(Nc2ccn(COCC[Si](C)(C)C)n2)n1.C[Si](C)(C)CCOCn1ccc(Nc2cncc(Cl)n2)n1. The van der Waals surface area contributed by atoms with Crippen molar-refractivity contribution in [3.8, 4) is 0 Å². The van der Waals surface area contributed by atoms with E-state index in [9.17, 15) is 4.79 Å². The van der Waals surface area contributed by atoms with Gasteiger partial charge < -0.3 is 24.8 Å². The van der Waals surface area contributed by atoms with Gasteiger partial charge in [0.2, 0.25) is 0 Å². The van der Waals surface area contributed by atoms with E-state index >= 15 is 0 Å². The number of esters is 1. The molecule has 0 radical (unpaired) electrons. The van der Waals surface area contributed by atoms with Crippen molar-refractivity contribution in [2.24, 2.45) is 0 Å². The molecule has 0 spiro atoms. The van der Waals surface area contributed by atoms with Gasteiger partial charge in [-0.2, -0.15) is 10.2 Å². The van der Waals surface area contributed by atoms with Crippen LogP contribution in [0.1, 0.15) is 10.5 Å². The van der Waals surface area contributed by atoms with Crippen molar-refractivity contribution in [2.45, 2.75) is 64.8 Å². The highest BCUT2D eigenvalue weighted by Crippen LogP contribution is 2.14. The minimum absolute atomic E-state index is 0.136. The number of carbonyl (C=O) groups is 1. The molecule has 4 aromatic heterocycles. The molecule has 0 fully saturated rings. The van der Waals surface area contributed by atoms with E-state index < -0.39 is 22.1 Å². The van der Waals surface area contributed by atoms with Crippen molar-refractivity contribution < 1.29 is 19.0 Å². The largest absolute Gasteiger partial charge is 0.464 e. The molecular weight excluding hydrogens is 632 g/mol. The molecule has 45 heavy (non-hydrogen) atoms. The zero-order valence-corrected chi connectivity index (χ0v) is 29.7. The van der Waals surface area contributed by atoms with Crippen LogP contribution in [0.2, 0.25) is 56.5 Å². The zero-order valence-electron chi connectivity index (χ0n) is 27.0. The highest BCUT2D eigenvalue weighted by Gasteiger charge is 2.13. The number of ether oxygens (including phenoxy) is 3. The summed E-state index contributed by atoms with van der Waals surface area (Å²) in [6, 6.07) is 5.92. The molecule has 0 bridgehead atoms. The highest BCUT2D eigenvalue weighted by molar-refractivity contribution is 6.76. The molecule has 0 saturated carbocycles. The summed E-state index contributed by atoms with van der Waals surface area (Å²) in [5.41, 5.74) is 0.136. The number of hydrogen-bond acceptors (Lipinski definition) is 12. The Labute approximate surface area is 270 Å². The van der Waals surface area contributed by atoms with E-state index in [0.717, 1.165) is 25.3 Å². The molecule has 17 heteroatoms. The summed E-state index contributed by atoms with van der Waals surface area (Å²) in [4.78, 5) is 27.6. The number of nitrogens with zero attached hydrogens (tertiary/aromatic N) is 8. The van der Waals surface area contributed by atoms with Gasteiger partial charge in [0.05, 0.1) is 31.9 Å². The fourth-order valence-electron chi connectivity index (χ4n) is 3.37. The molecule has 244 valence electrons. The third kappa shape index (κ3) is 14.3. The third-order valence-corrected chi connectivity index (χ3v) is 9.46. The molecule has 4 aromatic rings. The van der Waals surface area contributed by atoms with E-state index in [1.807, 2.05) is 18.5 Å². The van der Waals surface area contributed by atoms with Gasteiger partial charge in [0, 0.05) is 53.9 Å². The molecule has 4 heterocycles. The van der Waals surface area contributed by atoms with Crippen LogP contribution in [0.15, 0.2) is 49.3 Å². The maximum absolute atomic E-state index is 11.5. The van der Waals surface area contributed by atoms with Gasteiger partial charge in [-0.1, -0.05) is 50.9 Å². The van der Waals surface area contributed by atoms with Crippen LogP contribution in [0.5, 0.6) is 0 Å². The Bertz CT molecular complexity index is 1490. The number of anilines is 4. The van der Waals surface area contributed by atoms with Gasteiger partial charge in [-0.25, -0.2) is 24.1 Å². The molecule has 0 aliphatic rings. The van der Waals surface area contributed by atoms with Gasteiger partial charge in [0.15, 0.2) is 29.0 Å². The summed E-state index contributed by atoms with van der Waals surface area (Å²) in [7, 11) is -0.821. The number of rotatable bonds is 15. The van der Waals surface area contributed by atoms with E-state index in [1.54, 1.807) is 21.6 Å². The molecule has 2 N–H and O–H groups in total. The van der Waals surface area contributed by atoms with Crippen molar-refractivity contribution >= 4 is 57.0 Å². The first-order chi connectivity index (χ1) is 21.3. The summed E-state index contributed by atoms with van der Waals surface area (Å²) >= 11 is 5.78. The summed E-state index contributed by atoms with van der Waals surface area (Å²) in [6.07, 6.45) is 9.61. The highest BCUT2D eigenvalue weighted by atomic mass is 35.5. The number of nitrogens with one attached hydrogen (secondary N) is 2. The molecule has 0 atom stereocenters. The Morgan fingerprint density at radius 2 is 1.24 bits per heavy atom. The molecule has 0 amide bonds. The van der Waals surface area contributed by atoms with Crippen molar-refractivity contribution in [3.63, 3.8) is 0 Å². The summed E-state index contributed by atoms with van der Waals surface area (Å²) in [6.45, 7) is 16.3. The van der Waals surface area contributed by atoms with Gasteiger partial charge in [-0.05, 0) is 12.1 Å². The average Bonchev–Trinajstić information content (AvgIpc) is 3.61. The number of methoxy groups -OCH3 is 1. The van der Waals surface area contributed by atoms with E-state index in [2.05, 4.69) is 84.8 Å². The van der Waals surface area contributed by atoms with Crippen LogP contribution >= 0.6 is 11.6 Å². The first kappa shape index (κ1) is 35.8. The van der Waals surface area contributed by atoms with Gasteiger partial charge in [-0.15, -0.1) is 0 Å². The van der Waals surface area contributed by atoms with Gasteiger partial charge in [0.1, 0.15) is 18.6 Å². The summed E-state index contributed by atoms with van der Waals surface area (Å²) < 4.78 is 19.3. The molecule has 4 rings (SSSR count). The monoisotopic (exact) mass is 674 g/mol. The van der Waals surface area contributed by atoms with Crippen LogP contribution in [0.25, 0.3) is 0 Å². The summed E-state index contributed by atoms with van der Waals surface area (Å²) in [5, 5.41) is 15.1. The van der Waals surface area contributed by atoms with E-state index in [0.29, 0.717) is 41.9 Å². The maximum atomic E-state index is 11.5. The molecule has 0 aromatic carbocycles. The minimum Gasteiger partial charge on any atom is -0.464 e. The second-order valence-corrected chi connectivity index (χ2v) is 24.1. The van der Waals surface area contributed by atoms with Crippen LogP contribution in [-0.2, 0) is 27.7 Å². The second kappa shape index (κ2) is 17.1. The lowest BCUT2D eigenvalue weighted by Crippen LogP contribution is -2.22. The maximum Gasteiger partial charge on any atom is 0.358 e. The zero-order chi connectivity index (χ0) is 32.9. The first-order valence-electron chi connectivity index (χ1n) is 14.4. The Balaban J connectivity index is 0.000000248. The van der Waals surface area contributed by atoms with Crippen molar-refractivity contribution in [1.29, 1.82) is 0 Å². The number of aromatic nitrogens is 8. The van der Waals surface area contributed by atoms with Crippen molar-refractivity contribution in [3.05, 3.63) is 60.2 Å². The lowest BCUT2D eigenvalue weighted by atomic mass is 10.4. The minimum atomic E-state index is -1.08. The van der Waals surface area contributed by atoms with Crippen LogP contribution in [0, 0.1) is 0 Å². The second-order valence-electron chi connectivity index (χ2n) is 12.4. The number of hydrogen-bond donors (Lipinski definition) is 2. The normalized spacial score (nSPS) is 11.5. The summed E-state index contributed by atoms with van der Waals surface area (Å²) in [5.74, 6) is 1.73. The van der Waals surface area contributed by atoms with E-state index in [1.165, 1.54) is 25.7 Å². The van der Waals surface area contributed by atoms with E-state index in [4.69, 9.17) is 21.1 Å². The Kier molecular flexibility index (Phi) is 13.6. The fraction of sp³-hybridized carbons (Fsp3) is 0.464. The Hall–Kier alpha value is -3.71. The predicted molar refractivity (Wildman–Crippen MR) is 180 cm³/mol. The van der Waals surface area contributed by atoms with E-state index in [-0.39, 0.29) is 5.69 Å². The van der Waals surface area contributed by atoms with Gasteiger partial charge >= 0.3 is 5.97 Å². The smallest absolute Gasteiger partial charge is 0.358 e. The topological polar surface area (TPSA) is 156 Å². The Morgan fingerprint density at radius 3 is 1.71 bits per heavy atom. The van der Waals surface area contributed by atoms with Crippen molar-refractivity contribution in [1.82, 2.24) is 39.5 Å². The predicted octanol–water partition coefficient (Wildman–Crippen LogP) is 5.90. The molecular formula is C28H43ClN10O4Si2. The van der Waals surface area contributed by atoms with Crippen LogP contribution in [0.4, 0.5) is 23.3 Å². The molecule has 0 saturated heterocycles. The first-order valence-corrected chi connectivity index (χ1v) is 22.2. The van der Waals surface area contributed by atoms with Gasteiger partial charge in [-0.3, -0.25) is 9.97 Å². The number of halogens is 1. The quantitative estimate of drug-likeness (QED) is 0.0876. The number of carbonyl (C=O) groups excluding carboxylic acids is 1. The Morgan fingerprint density at radius 1 is 0.756 bits per heavy atom. The third-order valence-electron chi connectivity index (χ3n) is 5.87. The fourth-order valence-corrected chi connectivity index (χ4v) is 5.03. The molecule has 0 unspecified atom stereocenters. The van der Waals surface area contributed by atoms with Crippen molar-refractivity contribution in [2.75, 3.05) is 31.0 Å². The van der Waals surface area contributed by atoms with Crippen LogP contribution in [0.3, 0.4) is 0 Å². The molecule has 0 aliphatic carbocycles. The lowest BCUT2D eigenvalue weighted by Gasteiger charge is -2.15. The molecule has 14 nitrogen and oxygen atoms in total. The van der Waals surface area contributed by atoms with Gasteiger partial charge in [0.25, 0.3) is 0 Å².